The number of benzene rings is 2. The quantitative estimate of drug-likeness (QED) is 0.696. The standard InChI is InChI=1S/C19H17ClN4O2/c1-12-15(20)4-3-5-16(12)23-19-21-11-10-17(24-19)18(25)22-13-6-8-14(26-2)9-7-13/h3-11H,1-2H3,(H,22,25)(H,21,23,24). The summed E-state index contributed by atoms with van der Waals surface area (Å²) >= 11 is 6.12. The maximum atomic E-state index is 12.4. The van der Waals surface area contributed by atoms with Crippen LogP contribution in [-0.2, 0) is 0 Å². The number of aromatic nitrogens is 2. The normalized spacial score (nSPS) is 10.3. The molecule has 0 aliphatic rings. The third kappa shape index (κ3) is 4.10. The van der Waals surface area contributed by atoms with Crippen LogP contribution in [0.1, 0.15) is 16.1 Å². The second-order valence-electron chi connectivity index (χ2n) is 5.49. The van der Waals surface area contributed by atoms with E-state index in [0.29, 0.717) is 22.4 Å². The molecule has 0 saturated carbocycles. The number of rotatable bonds is 5. The predicted octanol–water partition coefficient (Wildman–Crippen LogP) is 4.44. The fraction of sp³-hybridized carbons (Fsp3) is 0.105. The molecule has 132 valence electrons. The van der Waals surface area contributed by atoms with Gasteiger partial charge in [-0.25, -0.2) is 9.97 Å². The van der Waals surface area contributed by atoms with Crippen molar-refractivity contribution >= 4 is 34.8 Å². The van der Waals surface area contributed by atoms with E-state index in [-0.39, 0.29) is 11.6 Å². The third-order valence-electron chi connectivity index (χ3n) is 3.75. The number of hydrogen-bond donors (Lipinski definition) is 2. The van der Waals surface area contributed by atoms with Crippen LogP contribution in [0, 0.1) is 6.92 Å². The van der Waals surface area contributed by atoms with Gasteiger partial charge in [-0.2, -0.15) is 0 Å². The SMILES string of the molecule is COc1ccc(NC(=O)c2ccnc(Nc3cccc(Cl)c3C)n2)cc1. The molecule has 0 bridgehead atoms. The summed E-state index contributed by atoms with van der Waals surface area (Å²) in [5.41, 5.74) is 2.56. The predicted molar refractivity (Wildman–Crippen MR) is 102 cm³/mol. The summed E-state index contributed by atoms with van der Waals surface area (Å²) in [7, 11) is 1.59. The van der Waals surface area contributed by atoms with Crippen molar-refractivity contribution in [3.8, 4) is 5.75 Å². The van der Waals surface area contributed by atoms with Gasteiger partial charge in [-0.3, -0.25) is 4.79 Å². The number of anilines is 3. The van der Waals surface area contributed by atoms with Crippen LogP contribution in [0.3, 0.4) is 0 Å². The Morgan fingerprint density at radius 1 is 1.12 bits per heavy atom. The summed E-state index contributed by atoms with van der Waals surface area (Å²) in [4.78, 5) is 20.8. The maximum Gasteiger partial charge on any atom is 0.274 e. The van der Waals surface area contributed by atoms with Crippen LogP contribution in [0.15, 0.2) is 54.7 Å². The smallest absolute Gasteiger partial charge is 0.274 e. The zero-order chi connectivity index (χ0) is 18.5. The molecule has 1 amide bonds. The van der Waals surface area contributed by atoms with Gasteiger partial charge in [-0.1, -0.05) is 17.7 Å². The van der Waals surface area contributed by atoms with Gasteiger partial charge in [0.05, 0.1) is 7.11 Å². The summed E-state index contributed by atoms with van der Waals surface area (Å²) in [5.74, 6) is 0.703. The maximum absolute atomic E-state index is 12.4. The Morgan fingerprint density at radius 3 is 2.62 bits per heavy atom. The molecule has 2 aromatic carbocycles. The van der Waals surface area contributed by atoms with E-state index in [1.807, 2.05) is 25.1 Å². The lowest BCUT2D eigenvalue weighted by Crippen LogP contribution is -2.14. The van der Waals surface area contributed by atoms with Gasteiger partial charge in [0.1, 0.15) is 11.4 Å². The Hall–Kier alpha value is -3.12. The van der Waals surface area contributed by atoms with E-state index in [2.05, 4.69) is 20.6 Å². The van der Waals surface area contributed by atoms with Gasteiger partial charge in [0.2, 0.25) is 5.95 Å². The lowest BCUT2D eigenvalue weighted by atomic mass is 10.2. The molecule has 1 aromatic heterocycles. The highest BCUT2D eigenvalue weighted by Gasteiger charge is 2.10. The first kappa shape index (κ1) is 17.7. The van der Waals surface area contributed by atoms with Crippen LogP contribution in [0.5, 0.6) is 5.75 Å². The van der Waals surface area contributed by atoms with Gasteiger partial charge in [0.15, 0.2) is 0 Å². The van der Waals surface area contributed by atoms with E-state index in [1.165, 1.54) is 6.20 Å². The number of hydrogen-bond acceptors (Lipinski definition) is 5. The Kier molecular flexibility index (Phi) is 5.34. The molecule has 0 fully saturated rings. The lowest BCUT2D eigenvalue weighted by Gasteiger charge is -2.10. The summed E-state index contributed by atoms with van der Waals surface area (Å²) in [6.45, 7) is 1.89. The van der Waals surface area contributed by atoms with Crippen molar-refractivity contribution in [2.75, 3.05) is 17.7 Å². The van der Waals surface area contributed by atoms with Crippen molar-refractivity contribution in [1.29, 1.82) is 0 Å². The van der Waals surface area contributed by atoms with Crippen LogP contribution in [0.25, 0.3) is 0 Å². The summed E-state index contributed by atoms with van der Waals surface area (Å²) in [6.07, 6.45) is 1.53. The van der Waals surface area contributed by atoms with Gasteiger partial charge >= 0.3 is 0 Å². The average molecular weight is 369 g/mol. The Bertz CT molecular complexity index is 929. The minimum atomic E-state index is -0.330. The second-order valence-corrected chi connectivity index (χ2v) is 5.89. The van der Waals surface area contributed by atoms with Crippen molar-refractivity contribution < 1.29 is 9.53 Å². The minimum absolute atomic E-state index is 0.248. The first-order chi connectivity index (χ1) is 12.6. The van der Waals surface area contributed by atoms with E-state index in [1.54, 1.807) is 37.4 Å². The van der Waals surface area contributed by atoms with E-state index < -0.39 is 0 Å². The van der Waals surface area contributed by atoms with Crippen molar-refractivity contribution in [1.82, 2.24) is 9.97 Å². The first-order valence-corrected chi connectivity index (χ1v) is 8.25. The zero-order valence-electron chi connectivity index (χ0n) is 14.3. The number of carbonyl (C=O) groups excluding carboxylic acids is 1. The largest absolute Gasteiger partial charge is 0.497 e. The molecular formula is C19H17ClN4O2. The molecule has 26 heavy (non-hydrogen) atoms. The molecule has 0 atom stereocenters. The monoisotopic (exact) mass is 368 g/mol. The highest BCUT2D eigenvalue weighted by molar-refractivity contribution is 6.31. The molecule has 0 saturated heterocycles. The number of ether oxygens (including phenoxy) is 1. The molecule has 0 unspecified atom stereocenters. The van der Waals surface area contributed by atoms with Crippen molar-refractivity contribution in [3.05, 3.63) is 71.0 Å². The fourth-order valence-corrected chi connectivity index (χ4v) is 2.45. The lowest BCUT2D eigenvalue weighted by molar-refractivity contribution is 0.102. The van der Waals surface area contributed by atoms with Crippen molar-refractivity contribution in [2.24, 2.45) is 0 Å². The van der Waals surface area contributed by atoms with E-state index in [0.717, 1.165) is 11.3 Å². The molecule has 0 aliphatic carbocycles. The summed E-state index contributed by atoms with van der Waals surface area (Å²) in [6, 6.07) is 14.1. The summed E-state index contributed by atoms with van der Waals surface area (Å²) < 4.78 is 5.10. The summed E-state index contributed by atoms with van der Waals surface area (Å²) in [5, 5.41) is 6.51. The van der Waals surface area contributed by atoms with Gasteiger partial charge in [0.25, 0.3) is 5.91 Å². The highest BCUT2D eigenvalue weighted by Crippen LogP contribution is 2.25. The number of amides is 1. The molecular weight excluding hydrogens is 352 g/mol. The van der Waals surface area contributed by atoms with E-state index in [9.17, 15) is 4.79 Å². The Labute approximate surface area is 156 Å². The second kappa shape index (κ2) is 7.84. The molecule has 0 spiro atoms. The fourth-order valence-electron chi connectivity index (χ4n) is 2.28. The highest BCUT2D eigenvalue weighted by atomic mass is 35.5. The number of nitrogens with zero attached hydrogens (tertiary/aromatic N) is 2. The number of nitrogens with one attached hydrogen (secondary N) is 2. The molecule has 0 radical (unpaired) electrons. The molecule has 3 rings (SSSR count). The van der Waals surface area contributed by atoms with Crippen LogP contribution in [0.4, 0.5) is 17.3 Å². The Morgan fingerprint density at radius 2 is 1.88 bits per heavy atom. The molecule has 1 heterocycles. The first-order valence-electron chi connectivity index (χ1n) is 7.87. The Balaban J connectivity index is 1.75. The minimum Gasteiger partial charge on any atom is -0.497 e. The average Bonchev–Trinajstić information content (AvgIpc) is 2.66. The van der Waals surface area contributed by atoms with Crippen LogP contribution in [-0.4, -0.2) is 23.0 Å². The van der Waals surface area contributed by atoms with E-state index in [4.69, 9.17) is 16.3 Å². The van der Waals surface area contributed by atoms with E-state index >= 15 is 0 Å². The molecule has 7 heteroatoms. The number of carbonyl (C=O) groups is 1. The van der Waals surface area contributed by atoms with Crippen LogP contribution >= 0.6 is 11.6 Å². The zero-order valence-corrected chi connectivity index (χ0v) is 15.0. The van der Waals surface area contributed by atoms with Crippen molar-refractivity contribution in [3.63, 3.8) is 0 Å². The van der Waals surface area contributed by atoms with Crippen LogP contribution < -0.4 is 15.4 Å². The van der Waals surface area contributed by atoms with Crippen LogP contribution in [0.2, 0.25) is 5.02 Å². The number of methoxy groups -OCH3 is 1. The van der Waals surface area contributed by atoms with Gasteiger partial charge < -0.3 is 15.4 Å². The topological polar surface area (TPSA) is 76.1 Å². The third-order valence-corrected chi connectivity index (χ3v) is 4.16. The van der Waals surface area contributed by atoms with Crippen molar-refractivity contribution in [2.45, 2.75) is 6.92 Å². The van der Waals surface area contributed by atoms with Gasteiger partial charge in [-0.05, 0) is 55.0 Å². The molecule has 2 N–H and O–H groups in total. The molecule has 3 aromatic rings. The molecule has 0 aliphatic heterocycles. The number of halogens is 1. The van der Waals surface area contributed by atoms with Gasteiger partial charge in [-0.15, -0.1) is 0 Å². The molecule has 6 nitrogen and oxygen atoms in total. The van der Waals surface area contributed by atoms with Gasteiger partial charge in [0, 0.05) is 22.6 Å².